The van der Waals surface area contributed by atoms with E-state index in [1.807, 2.05) is 0 Å². The summed E-state index contributed by atoms with van der Waals surface area (Å²) in [5, 5.41) is 2.38. The Morgan fingerprint density at radius 1 is 1.37 bits per heavy atom. The number of nitrogens with one attached hydrogen (secondary N) is 1. The first kappa shape index (κ1) is 21.5. The molecular formula is C19H28F3N3O2. The third-order valence-corrected chi connectivity index (χ3v) is 4.87. The van der Waals surface area contributed by atoms with Gasteiger partial charge < -0.3 is 20.7 Å². The van der Waals surface area contributed by atoms with Crippen LogP contribution in [-0.2, 0) is 10.3 Å². The predicted molar refractivity (Wildman–Crippen MR) is 97.4 cm³/mol. The summed E-state index contributed by atoms with van der Waals surface area (Å²) in [5.41, 5.74) is 2.12. The maximum atomic E-state index is 13.8. The van der Waals surface area contributed by atoms with Gasteiger partial charge in [-0.05, 0) is 38.3 Å². The van der Waals surface area contributed by atoms with Crippen molar-refractivity contribution in [1.82, 2.24) is 10.2 Å². The molecule has 0 spiro atoms. The average Bonchev–Trinajstić information content (AvgIpc) is 2.61. The molecule has 2 atom stereocenters. The Kier molecular flexibility index (Phi) is 7.11. The lowest BCUT2D eigenvalue weighted by molar-refractivity contribution is -0.194. The van der Waals surface area contributed by atoms with E-state index in [4.69, 9.17) is 10.5 Å². The topological polar surface area (TPSA) is 67.6 Å². The predicted octanol–water partition coefficient (Wildman–Crippen LogP) is 2.65. The first-order valence-electron chi connectivity index (χ1n) is 9.28. The number of hydrogen-bond acceptors (Lipinski definition) is 4. The lowest BCUT2D eigenvalue weighted by Gasteiger charge is -2.33. The number of amides is 1. The highest BCUT2D eigenvalue weighted by Gasteiger charge is 2.60. The molecule has 1 aromatic rings. The molecule has 1 aliphatic heterocycles. The number of hydrogen-bond donors (Lipinski definition) is 2. The first-order chi connectivity index (χ1) is 12.7. The zero-order chi connectivity index (χ0) is 20.1. The zero-order valence-corrected chi connectivity index (χ0v) is 15.8. The largest absolute Gasteiger partial charge is 0.494 e. The van der Waals surface area contributed by atoms with Crippen LogP contribution in [0.5, 0.6) is 5.75 Å². The zero-order valence-electron chi connectivity index (χ0n) is 15.8. The summed E-state index contributed by atoms with van der Waals surface area (Å²) >= 11 is 0. The van der Waals surface area contributed by atoms with Crippen LogP contribution >= 0.6 is 0 Å². The highest BCUT2D eigenvalue weighted by molar-refractivity contribution is 5.89. The van der Waals surface area contributed by atoms with Crippen LogP contribution in [0.4, 0.5) is 13.2 Å². The van der Waals surface area contributed by atoms with Crippen molar-refractivity contribution >= 4 is 5.91 Å². The maximum absolute atomic E-state index is 13.8. The minimum atomic E-state index is -4.97. The summed E-state index contributed by atoms with van der Waals surface area (Å²) in [6, 6.07) is 5.52. The molecule has 8 heteroatoms. The Balaban J connectivity index is 2.14. The van der Waals surface area contributed by atoms with Crippen molar-refractivity contribution in [3.63, 3.8) is 0 Å². The van der Waals surface area contributed by atoms with Gasteiger partial charge in [-0.25, -0.2) is 0 Å². The highest BCUT2D eigenvalue weighted by Crippen LogP contribution is 2.41. The van der Waals surface area contributed by atoms with Crippen molar-refractivity contribution in [3.05, 3.63) is 29.8 Å². The minimum absolute atomic E-state index is 0.0418. The van der Waals surface area contributed by atoms with E-state index in [-0.39, 0.29) is 24.5 Å². The van der Waals surface area contributed by atoms with E-state index in [9.17, 15) is 18.0 Å². The van der Waals surface area contributed by atoms with E-state index < -0.39 is 17.6 Å². The van der Waals surface area contributed by atoms with Gasteiger partial charge in [0.05, 0.1) is 6.61 Å². The number of para-hydroxylation sites is 1. The molecule has 2 rings (SSSR count). The molecule has 0 bridgehead atoms. The maximum Gasteiger partial charge on any atom is 0.419 e. The van der Waals surface area contributed by atoms with Crippen LogP contribution in [0, 0.1) is 5.92 Å². The summed E-state index contributed by atoms with van der Waals surface area (Å²) in [7, 11) is 0. The molecule has 0 aliphatic carbocycles. The molecule has 1 aromatic carbocycles. The Hall–Kier alpha value is -1.80. The summed E-state index contributed by atoms with van der Waals surface area (Å²) in [6.45, 7) is 6.34. The SMILES string of the molecule is CCOc1ccccc1C(N)(C(=O)NCCN1CCCC(C)C1)C(F)(F)F. The van der Waals surface area contributed by atoms with Crippen molar-refractivity contribution < 1.29 is 22.7 Å². The van der Waals surface area contributed by atoms with Gasteiger partial charge in [-0.15, -0.1) is 0 Å². The fourth-order valence-electron chi connectivity index (χ4n) is 3.43. The molecule has 152 valence electrons. The number of piperidine rings is 1. The molecule has 1 saturated heterocycles. The molecule has 1 heterocycles. The first-order valence-corrected chi connectivity index (χ1v) is 9.28. The van der Waals surface area contributed by atoms with Gasteiger partial charge in [-0.1, -0.05) is 25.1 Å². The summed E-state index contributed by atoms with van der Waals surface area (Å²) < 4.78 is 46.8. The lowest BCUT2D eigenvalue weighted by Crippen LogP contribution is -2.61. The van der Waals surface area contributed by atoms with E-state index in [0.717, 1.165) is 25.9 Å². The third-order valence-electron chi connectivity index (χ3n) is 4.87. The van der Waals surface area contributed by atoms with E-state index in [0.29, 0.717) is 12.5 Å². The van der Waals surface area contributed by atoms with Crippen molar-refractivity contribution in [2.24, 2.45) is 11.7 Å². The van der Waals surface area contributed by atoms with Gasteiger partial charge in [0.2, 0.25) is 5.54 Å². The van der Waals surface area contributed by atoms with Crippen LogP contribution in [0.15, 0.2) is 24.3 Å². The third kappa shape index (κ3) is 4.93. The second-order valence-corrected chi connectivity index (χ2v) is 7.04. The standard InChI is InChI=1S/C19H28F3N3O2/c1-3-27-16-9-5-4-8-15(16)18(23,19(20,21)22)17(26)24-10-12-25-11-6-7-14(2)13-25/h4-5,8-9,14H,3,6-7,10-13,23H2,1-2H3,(H,24,26). The second kappa shape index (κ2) is 8.93. The van der Waals surface area contributed by atoms with Crippen molar-refractivity contribution in [3.8, 4) is 5.75 Å². The average molecular weight is 387 g/mol. The number of likely N-dealkylation sites (tertiary alicyclic amines) is 1. The number of nitrogens with zero attached hydrogens (tertiary/aromatic N) is 1. The number of rotatable bonds is 7. The summed E-state index contributed by atoms with van der Waals surface area (Å²) in [6.07, 6.45) is -2.76. The van der Waals surface area contributed by atoms with E-state index in [2.05, 4.69) is 17.1 Å². The minimum Gasteiger partial charge on any atom is -0.494 e. The van der Waals surface area contributed by atoms with Gasteiger partial charge in [-0.2, -0.15) is 13.2 Å². The lowest BCUT2D eigenvalue weighted by atomic mass is 9.88. The van der Waals surface area contributed by atoms with Gasteiger partial charge in [0, 0.05) is 25.2 Å². The van der Waals surface area contributed by atoms with Crippen LogP contribution < -0.4 is 15.8 Å². The quantitative estimate of drug-likeness (QED) is 0.755. The molecule has 0 aromatic heterocycles. The monoisotopic (exact) mass is 387 g/mol. The van der Waals surface area contributed by atoms with Crippen molar-refractivity contribution in [1.29, 1.82) is 0 Å². The number of benzene rings is 1. The molecule has 0 radical (unpaired) electrons. The fraction of sp³-hybridized carbons (Fsp3) is 0.632. The second-order valence-electron chi connectivity index (χ2n) is 7.04. The number of nitrogens with two attached hydrogens (primary N) is 1. The summed E-state index contributed by atoms with van der Waals surface area (Å²) in [5.74, 6) is -0.761. The Morgan fingerprint density at radius 3 is 2.70 bits per heavy atom. The number of alkyl halides is 3. The molecular weight excluding hydrogens is 359 g/mol. The number of ether oxygens (including phenoxy) is 1. The van der Waals surface area contributed by atoms with E-state index >= 15 is 0 Å². The molecule has 2 unspecified atom stereocenters. The smallest absolute Gasteiger partial charge is 0.419 e. The molecule has 1 amide bonds. The molecule has 0 saturated carbocycles. The van der Waals surface area contributed by atoms with Gasteiger partial charge in [0.25, 0.3) is 5.91 Å². The number of carbonyl (C=O) groups is 1. The number of carbonyl (C=O) groups excluding carboxylic acids is 1. The molecule has 1 fully saturated rings. The van der Waals surface area contributed by atoms with Crippen LogP contribution in [0.25, 0.3) is 0 Å². The Morgan fingerprint density at radius 2 is 2.07 bits per heavy atom. The molecule has 5 nitrogen and oxygen atoms in total. The summed E-state index contributed by atoms with van der Waals surface area (Å²) in [4.78, 5) is 14.7. The Bertz CT molecular complexity index is 639. The van der Waals surface area contributed by atoms with Gasteiger partial charge in [-0.3, -0.25) is 4.79 Å². The van der Waals surface area contributed by atoms with Crippen LogP contribution in [0.1, 0.15) is 32.3 Å². The van der Waals surface area contributed by atoms with Crippen LogP contribution in [0.2, 0.25) is 0 Å². The normalized spacial score (nSPS) is 20.7. The highest BCUT2D eigenvalue weighted by atomic mass is 19.4. The molecule has 27 heavy (non-hydrogen) atoms. The molecule has 1 aliphatic rings. The van der Waals surface area contributed by atoms with Gasteiger partial charge in [0.1, 0.15) is 5.75 Å². The van der Waals surface area contributed by atoms with Crippen molar-refractivity contribution in [2.45, 2.75) is 38.4 Å². The number of halogens is 3. The van der Waals surface area contributed by atoms with E-state index in [1.54, 1.807) is 13.0 Å². The Labute approximate surface area is 158 Å². The van der Waals surface area contributed by atoms with Crippen LogP contribution in [-0.4, -0.2) is 49.8 Å². The van der Waals surface area contributed by atoms with Gasteiger partial charge in [0.15, 0.2) is 0 Å². The molecule has 3 N–H and O–H groups in total. The van der Waals surface area contributed by atoms with Crippen molar-refractivity contribution in [2.75, 3.05) is 32.8 Å². The van der Waals surface area contributed by atoms with Gasteiger partial charge >= 0.3 is 6.18 Å². The fourth-order valence-corrected chi connectivity index (χ4v) is 3.43. The van der Waals surface area contributed by atoms with E-state index in [1.165, 1.54) is 18.2 Å². The van der Waals surface area contributed by atoms with Crippen LogP contribution in [0.3, 0.4) is 0 Å².